The average molecular weight is 420 g/mol. The van der Waals surface area contributed by atoms with Crippen molar-refractivity contribution < 1.29 is 14.2 Å². The quantitative estimate of drug-likeness (QED) is 0.679. The summed E-state index contributed by atoms with van der Waals surface area (Å²) in [6.07, 6.45) is 5.46. The van der Waals surface area contributed by atoms with Crippen molar-refractivity contribution in [3.05, 3.63) is 64.3 Å². The second-order valence-corrected chi connectivity index (χ2v) is 7.87. The number of rotatable bonds is 5. The van der Waals surface area contributed by atoms with Gasteiger partial charge in [0.2, 0.25) is 12.5 Å². The number of ether oxygens (including phenoxy) is 3. The standard InChI is InChI=1S/C23H24N4O4/c1-29-19-8-15(9-20-22(19)31-14-30-20)12-27-7-3-5-17(13-27)18-10-21(28)26-23(25-18)16-4-2-6-24-11-16/h2,4,6,8-11,17H,3,5,7,12-14H2,1H3,(H,25,26,28). The lowest BCUT2D eigenvalue weighted by Crippen LogP contribution is -2.34. The minimum Gasteiger partial charge on any atom is -0.493 e. The number of pyridine rings is 1. The van der Waals surface area contributed by atoms with Crippen LogP contribution < -0.4 is 19.8 Å². The van der Waals surface area contributed by atoms with Crippen molar-refractivity contribution in [1.82, 2.24) is 19.9 Å². The lowest BCUT2D eigenvalue weighted by atomic mass is 9.94. The second kappa shape index (κ2) is 8.39. The molecule has 160 valence electrons. The lowest BCUT2D eigenvalue weighted by molar-refractivity contribution is 0.171. The molecule has 1 atom stereocenters. The van der Waals surface area contributed by atoms with Gasteiger partial charge in [-0.1, -0.05) is 0 Å². The molecule has 1 saturated heterocycles. The fourth-order valence-corrected chi connectivity index (χ4v) is 4.30. The van der Waals surface area contributed by atoms with E-state index in [1.54, 1.807) is 25.6 Å². The molecule has 0 bridgehead atoms. The Balaban J connectivity index is 1.36. The van der Waals surface area contributed by atoms with Crippen LogP contribution in [0.15, 0.2) is 47.5 Å². The fraction of sp³-hybridized carbons (Fsp3) is 0.348. The van der Waals surface area contributed by atoms with Gasteiger partial charge in [0.15, 0.2) is 11.5 Å². The number of nitrogens with one attached hydrogen (secondary N) is 1. The predicted octanol–water partition coefficient (Wildman–Crippen LogP) is 2.95. The molecule has 2 aromatic heterocycles. The molecule has 0 radical (unpaired) electrons. The van der Waals surface area contributed by atoms with Crippen molar-refractivity contribution in [2.24, 2.45) is 0 Å². The smallest absolute Gasteiger partial charge is 0.251 e. The fourth-order valence-electron chi connectivity index (χ4n) is 4.30. The lowest BCUT2D eigenvalue weighted by Gasteiger charge is -2.32. The molecule has 1 aromatic carbocycles. The van der Waals surface area contributed by atoms with Crippen LogP contribution in [0.4, 0.5) is 0 Å². The van der Waals surface area contributed by atoms with E-state index in [1.807, 2.05) is 24.3 Å². The summed E-state index contributed by atoms with van der Waals surface area (Å²) in [7, 11) is 1.64. The number of aromatic amines is 1. The van der Waals surface area contributed by atoms with Gasteiger partial charge in [-0.25, -0.2) is 4.98 Å². The van der Waals surface area contributed by atoms with Crippen LogP contribution >= 0.6 is 0 Å². The first-order valence-corrected chi connectivity index (χ1v) is 10.4. The second-order valence-electron chi connectivity index (χ2n) is 7.87. The van der Waals surface area contributed by atoms with E-state index in [2.05, 4.69) is 14.9 Å². The maximum Gasteiger partial charge on any atom is 0.251 e. The van der Waals surface area contributed by atoms with E-state index in [1.165, 1.54) is 0 Å². The monoisotopic (exact) mass is 420 g/mol. The van der Waals surface area contributed by atoms with Crippen LogP contribution in [-0.4, -0.2) is 46.8 Å². The van der Waals surface area contributed by atoms with Crippen molar-refractivity contribution in [2.75, 3.05) is 27.0 Å². The maximum atomic E-state index is 12.3. The van der Waals surface area contributed by atoms with Crippen LogP contribution in [0.2, 0.25) is 0 Å². The number of likely N-dealkylation sites (tertiary alicyclic amines) is 1. The number of hydrogen-bond donors (Lipinski definition) is 1. The van der Waals surface area contributed by atoms with Crippen LogP contribution in [0.3, 0.4) is 0 Å². The van der Waals surface area contributed by atoms with E-state index in [9.17, 15) is 4.79 Å². The number of fused-ring (bicyclic) bond motifs is 1. The molecular weight excluding hydrogens is 396 g/mol. The van der Waals surface area contributed by atoms with Gasteiger partial charge in [-0.05, 0) is 49.2 Å². The van der Waals surface area contributed by atoms with Crippen molar-refractivity contribution in [2.45, 2.75) is 25.3 Å². The molecule has 2 aliphatic rings. The highest BCUT2D eigenvalue weighted by Crippen LogP contribution is 2.42. The maximum absolute atomic E-state index is 12.3. The third-order valence-electron chi connectivity index (χ3n) is 5.74. The zero-order valence-corrected chi connectivity index (χ0v) is 17.3. The Morgan fingerprint density at radius 3 is 3.06 bits per heavy atom. The summed E-state index contributed by atoms with van der Waals surface area (Å²) in [5.41, 5.74) is 2.61. The van der Waals surface area contributed by atoms with Gasteiger partial charge < -0.3 is 19.2 Å². The Bertz CT molecular complexity index is 1130. The molecule has 0 aliphatic carbocycles. The van der Waals surface area contributed by atoms with Crippen LogP contribution in [0.5, 0.6) is 17.2 Å². The van der Waals surface area contributed by atoms with Gasteiger partial charge in [-0.2, -0.15) is 0 Å². The van der Waals surface area contributed by atoms with E-state index >= 15 is 0 Å². The largest absolute Gasteiger partial charge is 0.493 e. The molecule has 0 saturated carbocycles. The molecule has 8 heteroatoms. The van der Waals surface area contributed by atoms with E-state index in [4.69, 9.17) is 19.2 Å². The SMILES string of the molecule is COc1cc(CN2CCCC(c3cc(=O)[nH]c(-c4cccnc4)n3)C2)cc2c1OCO2. The predicted molar refractivity (Wildman–Crippen MR) is 114 cm³/mol. The molecule has 0 spiro atoms. The van der Waals surface area contributed by atoms with Gasteiger partial charge in [0.05, 0.1) is 12.8 Å². The first-order chi connectivity index (χ1) is 15.2. The Morgan fingerprint density at radius 1 is 1.29 bits per heavy atom. The molecule has 1 unspecified atom stereocenters. The Kier molecular flexibility index (Phi) is 5.30. The Labute approximate surface area is 179 Å². The summed E-state index contributed by atoms with van der Waals surface area (Å²) in [6.45, 7) is 2.81. The van der Waals surface area contributed by atoms with E-state index in [-0.39, 0.29) is 18.3 Å². The van der Waals surface area contributed by atoms with Crippen molar-refractivity contribution in [3.8, 4) is 28.6 Å². The van der Waals surface area contributed by atoms with Gasteiger partial charge >= 0.3 is 0 Å². The molecule has 1 N–H and O–H groups in total. The van der Waals surface area contributed by atoms with E-state index in [0.717, 1.165) is 55.0 Å². The van der Waals surface area contributed by atoms with Gasteiger partial charge in [-0.3, -0.25) is 14.7 Å². The summed E-state index contributed by atoms with van der Waals surface area (Å²) in [5.74, 6) is 2.84. The molecule has 5 rings (SSSR count). The molecule has 3 aromatic rings. The first kappa shape index (κ1) is 19.6. The molecule has 1 fully saturated rings. The highest BCUT2D eigenvalue weighted by molar-refractivity contribution is 5.55. The van der Waals surface area contributed by atoms with Crippen LogP contribution in [0.1, 0.15) is 30.0 Å². The van der Waals surface area contributed by atoms with Crippen LogP contribution in [0, 0.1) is 0 Å². The van der Waals surface area contributed by atoms with Gasteiger partial charge in [0.25, 0.3) is 5.56 Å². The van der Waals surface area contributed by atoms with E-state index in [0.29, 0.717) is 17.3 Å². The first-order valence-electron chi connectivity index (χ1n) is 10.4. The summed E-state index contributed by atoms with van der Waals surface area (Å²) < 4.78 is 16.5. The van der Waals surface area contributed by atoms with Crippen molar-refractivity contribution >= 4 is 0 Å². The number of hydrogen-bond acceptors (Lipinski definition) is 7. The highest BCUT2D eigenvalue weighted by Gasteiger charge is 2.25. The van der Waals surface area contributed by atoms with Crippen LogP contribution in [0.25, 0.3) is 11.4 Å². The normalized spacial score (nSPS) is 18.2. The third-order valence-corrected chi connectivity index (χ3v) is 5.74. The zero-order chi connectivity index (χ0) is 21.2. The highest BCUT2D eigenvalue weighted by atomic mass is 16.7. The Hall–Kier alpha value is -3.39. The van der Waals surface area contributed by atoms with Gasteiger partial charge in [-0.15, -0.1) is 0 Å². The molecule has 31 heavy (non-hydrogen) atoms. The zero-order valence-electron chi connectivity index (χ0n) is 17.3. The Morgan fingerprint density at radius 2 is 2.23 bits per heavy atom. The molecule has 0 amide bonds. The van der Waals surface area contributed by atoms with Gasteiger partial charge in [0, 0.05) is 43.0 Å². The summed E-state index contributed by atoms with van der Waals surface area (Å²) in [5, 5.41) is 0. The molecule has 2 aliphatic heterocycles. The van der Waals surface area contributed by atoms with Crippen molar-refractivity contribution in [1.29, 1.82) is 0 Å². The van der Waals surface area contributed by atoms with E-state index < -0.39 is 0 Å². The minimum absolute atomic E-state index is 0.138. The third kappa shape index (κ3) is 4.11. The number of nitrogens with zero attached hydrogens (tertiary/aromatic N) is 3. The number of piperidine rings is 1. The topological polar surface area (TPSA) is 89.6 Å². The summed E-state index contributed by atoms with van der Waals surface area (Å²) in [4.78, 5) is 26.4. The molecular formula is C23H24N4O4. The number of methoxy groups -OCH3 is 1. The van der Waals surface area contributed by atoms with Crippen LogP contribution in [-0.2, 0) is 6.54 Å². The van der Waals surface area contributed by atoms with Gasteiger partial charge in [0.1, 0.15) is 5.82 Å². The molecule has 4 heterocycles. The molecule has 8 nitrogen and oxygen atoms in total. The minimum atomic E-state index is -0.138. The number of aromatic nitrogens is 3. The number of benzene rings is 1. The average Bonchev–Trinajstić information content (AvgIpc) is 3.27. The summed E-state index contributed by atoms with van der Waals surface area (Å²) in [6, 6.07) is 9.38. The summed E-state index contributed by atoms with van der Waals surface area (Å²) >= 11 is 0. The number of H-pyrrole nitrogens is 1. The van der Waals surface area contributed by atoms with Crippen molar-refractivity contribution in [3.63, 3.8) is 0 Å².